The number of ether oxygens (including phenoxy) is 2. The van der Waals surface area contributed by atoms with E-state index < -0.39 is 0 Å². The fourth-order valence-electron chi connectivity index (χ4n) is 1.82. The van der Waals surface area contributed by atoms with Gasteiger partial charge in [0.15, 0.2) is 0 Å². The fraction of sp³-hybridized carbons (Fsp3) is 0.800. The van der Waals surface area contributed by atoms with Crippen molar-refractivity contribution in [2.45, 2.75) is 37.3 Å². The summed E-state index contributed by atoms with van der Waals surface area (Å²) >= 11 is 5.07. The first-order valence-electron chi connectivity index (χ1n) is 5.27. The maximum atomic E-state index is 10.7. The lowest BCUT2D eigenvalue weighted by molar-refractivity contribution is -0.147. The number of hydrogen-bond acceptors (Lipinski definition) is 5. The molecule has 0 amide bonds. The summed E-state index contributed by atoms with van der Waals surface area (Å²) in [6, 6.07) is 0.283. The standard InChI is InChI=1S/C10H14BrNO3S/c1-6(13)14-5-7-2-3-8-10(15-7)16-9(4-11)12-8/h7-8,10H,2-5H2,1H3/t7-,8-,10-/m1/s1. The van der Waals surface area contributed by atoms with E-state index in [1.165, 1.54) is 6.92 Å². The zero-order valence-corrected chi connectivity index (χ0v) is 11.4. The summed E-state index contributed by atoms with van der Waals surface area (Å²) in [5, 5.41) is 1.89. The molecule has 2 heterocycles. The lowest BCUT2D eigenvalue weighted by atomic mass is 10.1. The molecule has 0 bridgehead atoms. The van der Waals surface area contributed by atoms with Gasteiger partial charge in [-0.25, -0.2) is 0 Å². The van der Waals surface area contributed by atoms with Crippen LogP contribution in [0.4, 0.5) is 0 Å². The minimum atomic E-state index is -0.248. The lowest BCUT2D eigenvalue weighted by Gasteiger charge is -2.30. The van der Waals surface area contributed by atoms with E-state index in [2.05, 4.69) is 20.9 Å². The minimum Gasteiger partial charge on any atom is -0.463 e. The first-order chi connectivity index (χ1) is 7.69. The van der Waals surface area contributed by atoms with Crippen LogP contribution in [0.2, 0.25) is 0 Å². The summed E-state index contributed by atoms with van der Waals surface area (Å²) in [5.74, 6) is -0.248. The van der Waals surface area contributed by atoms with Crippen molar-refractivity contribution in [3.05, 3.63) is 0 Å². The second kappa shape index (κ2) is 5.51. The number of fused-ring (bicyclic) bond motifs is 1. The van der Waals surface area contributed by atoms with Crippen molar-refractivity contribution in [1.29, 1.82) is 0 Å². The molecule has 1 saturated heterocycles. The Balaban J connectivity index is 1.82. The number of halogens is 1. The van der Waals surface area contributed by atoms with Crippen molar-refractivity contribution >= 4 is 38.7 Å². The molecule has 0 N–H and O–H groups in total. The van der Waals surface area contributed by atoms with Gasteiger partial charge in [-0.1, -0.05) is 27.7 Å². The third-order valence-electron chi connectivity index (χ3n) is 2.57. The lowest BCUT2D eigenvalue weighted by Crippen LogP contribution is -2.36. The Kier molecular flexibility index (Phi) is 4.27. The van der Waals surface area contributed by atoms with Gasteiger partial charge >= 0.3 is 5.97 Å². The fourth-order valence-corrected chi connectivity index (χ4v) is 3.46. The highest BCUT2D eigenvalue weighted by Gasteiger charge is 2.36. The number of hydrogen-bond donors (Lipinski definition) is 0. The van der Waals surface area contributed by atoms with Crippen LogP contribution < -0.4 is 0 Å². The summed E-state index contributed by atoms with van der Waals surface area (Å²) in [5.41, 5.74) is 0.113. The third kappa shape index (κ3) is 2.99. The molecule has 0 aromatic carbocycles. The van der Waals surface area contributed by atoms with E-state index in [1.54, 1.807) is 11.8 Å². The molecule has 16 heavy (non-hydrogen) atoms. The van der Waals surface area contributed by atoms with E-state index in [-0.39, 0.29) is 23.6 Å². The van der Waals surface area contributed by atoms with Crippen molar-refractivity contribution in [3.63, 3.8) is 0 Å². The number of carbonyl (C=O) groups excluding carboxylic acids is 1. The summed E-state index contributed by atoms with van der Waals surface area (Å²) in [6.45, 7) is 1.78. The predicted octanol–water partition coefficient (Wildman–Crippen LogP) is 1.96. The van der Waals surface area contributed by atoms with Gasteiger partial charge in [-0.2, -0.15) is 0 Å². The molecular weight excluding hydrogens is 294 g/mol. The van der Waals surface area contributed by atoms with Crippen LogP contribution in [-0.4, -0.2) is 40.5 Å². The smallest absolute Gasteiger partial charge is 0.302 e. The normalized spacial score (nSPS) is 33.1. The average molecular weight is 308 g/mol. The summed E-state index contributed by atoms with van der Waals surface area (Å²) in [6.07, 6.45) is 1.95. The molecule has 6 heteroatoms. The Morgan fingerprint density at radius 1 is 1.69 bits per heavy atom. The molecule has 90 valence electrons. The van der Waals surface area contributed by atoms with Crippen LogP contribution in [0.25, 0.3) is 0 Å². The van der Waals surface area contributed by atoms with E-state index in [0.29, 0.717) is 6.61 Å². The monoisotopic (exact) mass is 307 g/mol. The highest BCUT2D eigenvalue weighted by molar-refractivity contribution is 9.09. The van der Waals surface area contributed by atoms with Crippen LogP contribution in [-0.2, 0) is 14.3 Å². The highest BCUT2D eigenvalue weighted by Crippen LogP contribution is 2.36. The molecule has 0 radical (unpaired) electrons. The van der Waals surface area contributed by atoms with Gasteiger partial charge < -0.3 is 9.47 Å². The minimum absolute atomic E-state index is 0.0301. The van der Waals surface area contributed by atoms with E-state index >= 15 is 0 Å². The van der Waals surface area contributed by atoms with Gasteiger partial charge in [0, 0.05) is 6.92 Å². The number of nitrogens with zero attached hydrogens (tertiary/aromatic N) is 1. The largest absolute Gasteiger partial charge is 0.463 e. The maximum absolute atomic E-state index is 10.7. The van der Waals surface area contributed by atoms with Gasteiger partial charge in [0.1, 0.15) is 12.0 Å². The summed E-state index contributed by atoms with van der Waals surface area (Å²) in [7, 11) is 0. The van der Waals surface area contributed by atoms with Crippen molar-refractivity contribution in [2.75, 3.05) is 11.9 Å². The quantitative estimate of drug-likeness (QED) is 0.591. The maximum Gasteiger partial charge on any atom is 0.302 e. The molecule has 0 spiro atoms. The Hall–Kier alpha value is -0.0700. The molecule has 1 fully saturated rings. The van der Waals surface area contributed by atoms with Gasteiger partial charge in [-0.05, 0) is 12.8 Å². The molecular formula is C10H14BrNO3S. The van der Waals surface area contributed by atoms with E-state index in [9.17, 15) is 4.79 Å². The number of esters is 1. The van der Waals surface area contributed by atoms with Crippen LogP contribution in [0.5, 0.6) is 0 Å². The molecule has 2 aliphatic rings. The molecule has 2 aliphatic heterocycles. The second-order valence-corrected chi connectivity index (χ2v) is 5.58. The van der Waals surface area contributed by atoms with Crippen LogP contribution in [0.3, 0.4) is 0 Å². The van der Waals surface area contributed by atoms with Crippen molar-refractivity contribution in [1.82, 2.24) is 0 Å². The van der Waals surface area contributed by atoms with Crippen molar-refractivity contribution < 1.29 is 14.3 Å². The van der Waals surface area contributed by atoms with Gasteiger partial charge in [-0.15, -0.1) is 0 Å². The Morgan fingerprint density at radius 3 is 3.19 bits per heavy atom. The topological polar surface area (TPSA) is 47.9 Å². The highest BCUT2D eigenvalue weighted by atomic mass is 79.9. The molecule has 0 aliphatic carbocycles. The Labute approximate surface area is 107 Å². The van der Waals surface area contributed by atoms with Gasteiger partial charge in [0.2, 0.25) is 0 Å². The van der Waals surface area contributed by atoms with Crippen LogP contribution in [0.1, 0.15) is 19.8 Å². The molecule has 3 atom stereocenters. The number of thioether (sulfide) groups is 1. The number of aliphatic imine (C=N–C) groups is 1. The van der Waals surface area contributed by atoms with Crippen molar-refractivity contribution in [3.8, 4) is 0 Å². The SMILES string of the molecule is CC(=O)OC[C@H]1CC[C@H]2N=C(CBr)S[C@H]2O1. The number of alkyl halides is 1. The number of carbonyl (C=O) groups is 1. The molecule has 0 aromatic rings. The first kappa shape index (κ1) is 12.4. The van der Waals surface area contributed by atoms with Crippen molar-refractivity contribution in [2.24, 2.45) is 4.99 Å². The molecule has 0 aromatic heterocycles. The second-order valence-electron chi connectivity index (χ2n) is 3.85. The molecule has 0 saturated carbocycles. The predicted molar refractivity (Wildman–Crippen MR) is 67.1 cm³/mol. The number of rotatable bonds is 3. The zero-order chi connectivity index (χ0) is 11.5. The zero-order valence-electron chi connectivity index (χ0n) is 9.02. The Bertz CT molecular complexity index is 310. The van der Waals surface area contributed by atoms with Crippen LogP contribution in [0.15, 0.2) is 4.99 Å². The van der Waals surface area contributed by atoms with E-state index in [0.717, 1.165) is 23.2 Å². The molecule has 2 rings (SSSR count). The average Bonchev–Trinajstić information content (AvgIpc) is 2.68. The Morgan fingerprint density at radius 2 is 2.50 bits per heavy atom. The van der Waals surface area contributed by atoms with Gasteiger partial charge in [0.25, 0.3) is 0 Å². The summed E-state index contributed by atoms with van der Waals surface area (Å²) < 4.78 is 10.8. The van der Waals surface area contributed by atoms with E-state index in [4.69, 9.17) is 9.47 Å². The molecule has 4 nitrogen and oxygen atoms in total. The summed E-state index contributed by atoms with van der Waals surface area (Å²) in [4.78, 5) is 15.3. The first-order valence-corrected chi connectivity index (χ1v) is 7.27. The van der Waals surface area contributed by atoms with E-state index in [1.807, 2.05) is 0 Å². The van der Waals surface area contributed by atoms with Crippen LogP contribution in [0, 0.1) is 0 Å². The van der Waals surface area contributed by atoms with Crippen LogP contribution >= 0.6 is 27.7 Å². The van der Waals surface area contributed by atoms with Gasteiger partial charge in [0.05, 0.1) is 22.5 Å². The molecule has 0 unspecified atom stereocenters. The third-order valence-corrected chi connectivity index (χ3v) is 4.66. The van der Waals surface area contributed by atoms with Gasteiger partial charge in [-0.3, -0.25) is 9.79 Å².